The Kier molecular flexibility index (Phi) is 13.0. The zero-order chi connectivity index (χ0) is 33.3. The summed E-state index contributed by atoms with van der Waals surface area (Å²) in [5.41, 5.74) is 4.03. The summed E-state index contributed by atoms with van der Waals surface area (Å²) in [5.74, 6) is 1.54. The number of ether oxygens (including phenoxy) is 1. The highest BCUT2D eigenvalue weighted by atomic mass is 31.2. The summed E-state index contributed by atoms with van der Waals surface area (Å²) in [6, 6.07) is 9.84. The molecule has 0 aliphatic carbocycles. The average Bonchev–Trinajstić information content (AvgIpc) is 2.98. The molecule has 0 aromatic heterocycles. The fraction of sp³-hybridized carbons (Fsp3) is 0.559. The van der Waals surface area contributed by atoms with Gasteiger partial charge in [-0.15, -0.1) is 10.2 Å². The van der Waals surface area contributed by atoms with Crippen LogP contribution in [0.3, 0.4) is 0 Å². The van der Waals surface area contributed by atoms with E-state index in [0.717, 1.165) is 49.2 Å². The van der Waals surface area contributed by atoms with E-state index in [2.05, 4.69) is 76.6 Å². The van der Waals surface area contributed by atoms with Crippen LogP contribution in [0.1, 0.15) is 85.8 Å². The molecule has 1 atom stereocenters. The Morgan fingerprint density at radius 2 is 1.71 bits per heavy atom. The van der Waals surface area contributed by atoms with Crippen molar-refractivity contribution in [2.24, 2.45) is 22.1 Å². The van der Waals surface area contributed by atoms with Gasteiger partial charge in [0.2, 0.25) is 0 Å². The van der Waals surface area contributed by atoms with Crippen LogP contribution in [0.25, 0.3) is 5.57 Å². The first-order valence-electron chi connectivity index (χ1n) is 15.7. The van der Waals surface area contributed by atoms with Gasteiger partial charge < -0.3 is 18.7 Å². The third-order valence-corrected chi connectivity index (χ3v) is 10.4. The molecule has 1 heterocycles. The van der Waals surface area contributed by atoms with E-state index in [1.54, 1.807) is 7.11 Å². The van der Waals surface area contributed by atoms with Crippen molar-refractivity contribution >= 4 is 36.7 Å². The topological polar surface area (TPSA) is 123 Å². The van der Waals surface area contributed by atoms with Crippen LogP contribution >= 0.6 is 8.38 Å². The van der Waals surface area contributed by atoms with Crippen LogP contribution in [0.4, 0.5) is 22.7 Å². The monoisotopic (exact) mass is 637 g/mol. The normalized spacial score (nSPS) is 15.0. The van der Waals surface area contributed by atoms with E-state index >= 15 is 0 Å². The van der Waals surface area contributed by atoms with Gasteiger partial charge in [-0.25, -0.2) is 0 Å². The number of nitro groups is 1. The number of nitro benzene ring substituents is 1. The molecule has 244 valence electrons. The van der Waals surface area contributed by atoms with Crippen LogP contribution < -0.4 is 9.64 Å². The molecule has 11 heteroatoms. The van der Waals surface area contributed by atoms with Gasteiger partial charge in [-0.2, -0.15) is 5.26 Å². The maximum Gasteiger partial charge on any atom is 0.270 e. The molecule has 0 spiro atoms. The van der Waals surface area contributed by atoms with Gasteiger partial charge in [0, 0.05) is 41.7 Å². The van der Waals surface area contributed by atoms with Crippen LogP contribution in [0.5, 0.6) is 5.75 Å². The lowest BCUT2D eigenvalue weighted by Crippen LogP contribution is -2.45. The number of nitrogens with zero attached hydrogens (tertiary/aromatic N) is 5. The number of non-ortho nitro benzene ring substituents is 1. The van der Waals surface area contributed by atoms with E-state index in [9.17, 15) is 15.4 Å². The Bertz CT molecular complexity index is 1420. The van der Waals surface area contributed by atoms with E-state index in [-0.39, 0.29) is 22.5 Å². The van der Waals surface area contributed by atoms with Crippen molar-refractivity contribution < 1.29 is 18.7 Å². The van der Waals surface area contributed by atoms with Crippen molar-refractivity contribution in [2.45, 2.75) is 85.9 Å². The highest BCUT2D eigenvalue weighted by Gasteiger charge is 2.33. The van der Waals surface area contributed by atoms with Gasteiger partial charge in [-0.05, 0) is 69.6 Å². The fourth-order valence-corrected chi connectivity index (χ4v) is 7.90. The number of fused-ring (bicyclic) bond motifs is 1. The number of nitriles is 1. The molecule has 1 aliphatic heterocycles. The molecule has 45 heavy (non-hydrogen) atoms. The molecule has 0 saturated heterocycles. The molecule has 10 nitrogen and oxygen atoms in total. The SMILES string of the molecule is CCCOP(OCCCCN1c2cc(OC)c(/N=N/c3ccc([N+](=O)[O-])cc3C#N)cc2C(C)=CC1(C)C)C(C(C)C)C(C)C. The number of azo groups is 1. The van der Waals surface area contributed by atoms with Gasteiger partial charge in [0.25, 0.3) is 5.69 Å². The van der Waals surface area contributed by atoms with Crippen molar-refractivity contribution in [1.29, 1.82) is 5.26 Å². The first-order valence-corrected chi connectivity index (χ1v) is 16.9. The fourth-order valence-electron chi connectivity index (χ4n) is 5.84. The first kappa shape index (κ1) is 36.1. The minimum atomic E-state index is -0.953. The van der Waals surface area contributed by atoms with Gasteiger partial charge in [0.05, 0.1) is 36.3 Å². The standard InChI is InChI=1S/C34H48N5O5P/c1-10-16-43-45(33(23(2)3)24(4)5)44-17-12-11-15-38-31-20-32(42-9)30(19-28(31)25(6)21-34(38,7)8)37-36-29-14-13-27(39(40)41)18-26(29)22-35/h13-14,18-21,23-24,33H,10-12,15-17H2,1-9H3/b37-36+. The van der Waals surface area contributed by atoms with Crippen LogP contribution in [0, 0.1) is 33.3 Å². The molecular weight excluding hydrogens is 589 g/mol. The molecule has 0 amide bonds. The van der Waals surface area contributed by atoms with Crippen molar-refractivity contribution in [3.63, 3.8) is 0 Å². The first-order chi connectivity index (χ1) is 21.3. The molecule has 2 aromatic rings. The largest absolute Gasteiger partial charge is 0.494 e. The summed E-state index contributed by atoms with van der Waals surface area (Å²) in [7, 11) is 0.637. The van der Waals surface area contributed by atoms with E-state index in [0.29, 0.717) is 35.5 Å². The van der Waals surface area contributed by atoms with Crippen LogP contribution in [0.15, 0.2) is 46.6 Å². The Hall–Kier alpha value is -3.38. The molecule has 2 aromatic carbocycles. The van der Waals surface area contributed by atoms with Gasteiger partial charge >= 0.3 is 0 Å². The molecule has 1 aliphatic rings. The Labute approximate surface area is 269 Å². The summed E-state index contributed by atoms with van der Waals surface area (Å²) < 4.78 is 18.4. The van der Waals surface area contributed by atoms with Gasteiger partial charge in [-0.3, -0.25) is 10.1 Å². The minimum Gasteiger partial charge on any atom is -0.494 e. The number of benzene rings is 2. The van der Waals surface area contributed by atoms with E-state index in [4.69, 9.17) is 13.8 Å². The number of hydrogen-bond donors (Lipinski definition) is 0. The maximum atomic E-state index is 11.1. The van der Waals surface area contributed by atoms with E-state index in [1.807, 2.05) is 18.2 Å². The summed E-state index contributed by atoms with van der Waals surface area (Å²) in [6.07, 6.45) is 5.10. The minimum absolute atomic E-state index is 0.0753. The molecule has 0 N–H and O–H groups in total. The molecule has 1 unspecified atom stereocenters. The zero-order valence-electron chi connectivity index (χ0n) is 28.2. The predicted molar refractivity (Wildman–Crippen MR) is 182 cm³/mol. The van der Waals surface area contributed by atoms with Crippen molar-refractivity contribution in [1.82, 2.24) is 0 Å². The van der Waals surface area contributed by atoms with Gasteiger partial charge in [-0.1, -0.05) is 40.7 Å². The molecule has 0 radical (unpaired) electrons. The second-order valence-electron chi connectivity index (χ2n) is 12.6. The zero-order valence-corrected chi connectivity index (χ0v) is 29.1. The lowest BCUT2D eigenvalue weighted by atomic mass is 9.88. The summed E-state index contributed by atoms with van der Waals surface area (Å²) >= 11 is 0. The molecular formula is C34H48N5O5P. The molecule has 0 fully saturated rings. The average molecular weight is 638 g/mol. The van der Waals surface area contributed by atoms with E-state index < -0.39 is 13.3 Å². The summed E-state index contributed by atoms with van der Waals surface area (Å²) in [5, 5.41) is 29.3. The number of hydrogen-bond acceptors (Lipinski definition) is 9. The summed E-state index contributed by atoms with van der Waals surface area (Å²) in [4.78, 5) is 13.0. The second kappa shape index (κ2) is 16.3. The Morgan fingerprint density at radius 3 is 2.31 bits per heavy atom. The summed E-state index contributed by atoms with van der Waals surface area (Å²) in [6.45, 7) is 19.9. The maximum absolute atomic E-state index is 11.1. The molecule has 0 saturated carbocycles. The van der Waals surface area contributed by atoms with E-state index in [1.165, 1.54) is 18.2 Å². The molecule has 3 rings (SSSR count). The number of rotatable bonds is 16. The number of anilines is 1. The van der Waals surface area contributed by atoms with Crippen LogP contribution in [-0.4, -0.2) is 43.0 Å². The van der Waals surface area contributed by atoms with Crippen molar-refractivity contribution in [2.75, 3.05) is 31.8 Å². The third kappa shape index (κ3) is 9.09. The number of allylic oxidation sites excluding steroid dienone is 1. The van der Waals surface area contributed by atoms with Gasteiger partial charge in [0.1, 0.15) is 23.2 Å². The predicted octanol–water partition coefficient (Wildman–Crippen LogP) is 10.1. The van der Waals surface area contributed by atoms with Crippen LogP contribution in [-0.2, 0) is 9.05 Å². The van der Waals surface area contributed by atoms with Crippen molar-refractivity contribution in [3.05, 3.63) is 57.6 Å². The van der Waals surface area contributed by atoms with Crippen molar-refractivity contribution in [3.8, 4) is 11.8 Å². The smallest absolute Gasteiger partial charge is 0.270 e. The lowest BCUT2D eigenvalue weighted by molar-refractivity contribution is -0.384. The van der Waals surface area contributed by atoms with Gasteiger partial charge in [0.15, 0.2) is 8.38 Å². The lowest BCUT2D eigenvalue weighted by Gasteiger charge is -2.43. The third-order valence-electron chi connectivity index (χ3n) is 7.88. The highest BCUT2D eigenvalue weighted by Crippen LogP contribution is 2.50. The molecule has 0 bridgehead atoms. The number of unbranched alkanes of at least 4 members (excludes halogenated alkanes) is 1. The Morgan fingerprint density at radius 1 is 1.04 bits per heavy atom. The number of methoxy groups -OCH3 is 1. The quantitative estimate of drug-likeness (QED) is 0.0590. The van der Waals surface area contributed by atoms with Crippen LogP contribution in [0.2, 0.25) is 0 Å². The second-order valence-corrected chi connectivity index (χ2v) is 14.3. The highest BCUT2D eigenvalue weighted by molar-refractivity contribution is 7.48. The Balaban J connectivity index is 1.80.